The molecule has 142 valence electrons. The number of nitrogen functional groups attached to an aromatic ring is 1. The molecule has 0 saturated heterocycles. The fourth-order valence-electron chi connectivity index (χ4n) is 3.48. The summed E-state index contributed by atoms with van der Waals surface area (Å²) in [5.74, 6) is 0.253. The van der Waals surface area contributed by atoms with Crippen LogP contribution in [0.5, 0.6) is 0 Å². The van der Waals surface area contributed by atoms with Crippen molar-refractivity contribution in [2.75, 3.05) is 11.1 Å². The minimum absolute atomic E-state index is 0.277. The summed E-state index contributed by atoms with van der Waals surface area (Å²) in [6.07, 6.45) is 4.06. The molecule has 0 bridgehead atoms. The van der Waals surface area contributed by atoms with Gasteiger partial charge in [0, 0.05) is 34.5 Å². The molecule has 1 aromatic heterocycles. The van der Waals surface area contributed by atoms with Gasteiger partial charge < -0.3 is 16.5 Å². The highest BCUT2D eigenvalue weighted by Crippen LogP contribution is 2.42. The first kappa shape index (κ1) is 18.2. The lowest BCUT2D eigenvalue weighted by molar-refractivity contribution is 0.102. The van der Waals surface area contributed by atoms with Gasteiger partial charge in [0.15, 0.2) is 0 Å². The van der Waals surface area contributed by atoms with Crippen LogP contribution in [0.2, 0.25) is 0 Å². The summed E-state index contributed by atoms with van der Waals surface area (Å²) in [5, 5.41) is 20.7. The fraction of sp³-hybridized carbons (Fsp3) is 0.364. The van der Waals surface area contributed by atoms with E-state index >= 15 is 0 Å². The second-order valence-electron chi connectivity index (χ2n) is 7.80. The summed E-state index contributed by atoms with van der Waals surface area (Å²) in [5.41, 5.74) is 11.6. The second-order valence-corrected chi connectivity index (χ2v) is 7.80. The van der Waals surface area contributed by atoms with Crippen LogP contribution in [0.3, 0.4) is 0 Å². The number of benzene rings is 1. The lowest BCUT2D eigenvalue weighted by Crippen LogP contribution is -2.18. The number of amides is 1. The van der Waals surface area contributed by atoms with E-state index < -0.39 is 0 Å². The van der Waals surface area contributed by atoms with Crippen LogP contribution in [0.15, 0.2) is 18.2 Å². The van der Waals surface area contributed by atoms with Crippen molar-refractivity contribution in [3.05, 3.63) is 51.8 Å². The number of hydrogen-bond donors (Lipinski definition) is 3. The van der Waals surface area contributed by atoms with Crippen molar-refractivity contribution in [3.63, 3.8) is 0 Å². The van der Waals surface area contributed by atoms with E-state index in [0.717, 1.165) is 42.5 Å². The largest absolute Gasteiger partial charge is 0.398 e. The predicted octanol–water partition coefficient (Wildman–Crippen LogP) is 4.06. The molecule has 0 aliphatic heterocycles. The number of pyridine rings is 1. The molecule has 1 amide bonds. The maximum absolute atomic E-state index is 13.0. The van der Waals surface area contributed by atoms with Gasteiger partial charge in [-0.25, -0.2) is 4.98 Å². The number of hydrogen-bond acceptors (Lipinski definition) is 5. The number of carbonyl (C=O) groups excluding carboxylic acids is 1. The lowest BCUT2D eigenvalue weighted by Gasteiger charge is -2.14. The molecular weight excluding hydrogens is 350 g/mol. The van der Waals surface area contributed by atoms with Gasteiger partial charge in [-0.2, -0.15) is 5.26 Å². The molecular formula is C22H23N5O. The van der Waals surface area contributed by atoms with Crippen molar-refractivity contribution in [1.29, 1.82) is 10.7 Å². The molecule has 4 rings (SSSR count). The third-order valence-electron chi connectivity index (χ3n) is 5.66. The SMILES string of the molecule is Cc1c(C(=O)Nc2ccc(N)c(C(=N)C3CC3)c2)nc(C2CC2)c(C#N)c1C. The molecule has 2 aromatic rings. The molecule has 2 aliphatic rings. The highest BCUT2D eigenvalue weighted by molar-refractivity contribution is 6.08. The maximum atomic E-state index is 13.0. The van der Waals surface area contributed by atoms with Gasteiger partial charge in [0.1, 0.15) is 11.8 Å². The van der Waals surface area contributed by atoms with Crippen LogP contribution in [0, 0.1) is 36.5 Å². The Morgan fingerprint density at radius 3 is 2.57 bits per heavy atom. The van der Waals surface area contributed by atoms with E-state index in [1.807, 2.05) is 13.8 Å². The first-order chi connectivity index (χ1) is 13.4. The van der Waals surface area contributed by atoms with Gasteiger partial charge in [-0.15, -0.1) is 0 Å². The molecule has 0 unspecified atom stereocenters. The summed E-state index contributed by atoms with van der Waals surface area (Å²) < 4.78 is 0. The normalized spacial score (nSPS) is 15.8. The molecule has 6 nitrogen and oxygen atoms in total. The van der Waals surface area contributed by atoms with Crippen molar-refractivity contribution >= 4 is 23.0 Å². The van der Waals surface area contributed by atoms with E-state index in [1.165, 1.54) is 0 Å². The number of rotatable bonds is 5. The smallest absolute Gasteiger partial charge is 0.274 e. The monoisotopic (exact) mass is 373 g/mol. The van der Waals surface area contributed by atoms with E-state index in [0.29, 0.717) is 33.9 Å². The van der Waals surface area contributed by atoms with Crippen molar-refractivity contribution in [2.45, 2.75) is 45.4 Å². The van der Waals surface area contributed by atoms with E-state index in [1.54, 1.807) is 18.2 Å². The third-order valence-corrected chi connectivity index (χ3v) is 5.66. The Morgan fingerprint density at radius 1 is 1.25 bits per heavy atom. The first-order valence-electron chi connectivity index (χ1n) is 9.61. The molecule has 6 heteroatoms. The molecule has 0 atom stereocenters. The van der Waals surface area contributed by atoms with Gasteiger partial charge in [0.25, 0.3) is 5.91 Å². The highest BCUT2D eigenvalue weighted by atomic mass is 16.1. The molecule has 0 spiro atoms. The van der Waals surface area contributed by atoms with Gasteiger partial charge in [-0.05, 0) is 68.9 Å². The van der Waals surface area contributed by atoms with Gasteiger partial charge in [-0.3, -0.25) is 4.79 Å². The van der Waals surface area contributed by atoms with Gasteiger partial charge >= 0.3 is 0 Å². The molecule has 2 aliphatic carbocycles. The lowest BCUT2D eigenvalue weighted by atomic mass is 9.98. The number of nitrogens with one attached hydrogen (secondary N) is 2. The molecule has 28 heavy (non-hydrogen) atoms. The number of nitriles is 1. The summed E-state index contributed by atoms with van der Waals surface area (Å²) in [7, 11) is 0. The number of nitrogens with two attached hydrogens (primary N) is 1. The summed E-state index contributed by atoms with van der Waals surface area (Å²) >= 11 is 0. The van der Waals surface area contributed by atoms with E-state index in [-0.39, 0.29) is 17.7 Å². The van der Waals surface area contributed by atoms with E-state index in [4.69, 9.17) is 11.1 Å². The van der Waals surface area contributed by atoms with Crippen LogP contribution in [0.1, 0.15) is 70.0 Å². The van der Waals surface area contributed by atoms with Crippen molar-refractivity contribution in [3.8, 4) is 6.07 Å². The predicted molar refractivity (Wildman–Crippen MR) is 109 cm³/mol. The minimum Gasteiger partial charge on any atom is -0.398 e. The minimum atomic E-state index is -0.305. The molecule has 2 saturated carbocycles. The zero-order valence-electron chi connectivity index (χ0n) is 16.1. The van der Waals surface area contributed by atoms with Gasteiger partial charge in [0.05, 0.1) is 11.3 Å². The topological polar surface area (TPSA) is 116 Å². The van der Waals surface area contributed by atoms with E-state index in [9.17, 15) is 10.1 Å². The number of carbonyl (C=O) groups is 1. The van der Waals surface area contributed by atoms with Crippen LogP contribution in [-0.4, -0.2) is 16.6 Å². The van der Waals surface area contributed by atoms with Crippen LogP contribution >= 0.6 is 0 Å². The van der Waals surface area contributed by atoms with Crippen molar-refractivity contribution in [2.24, 2.45) is 5.92 Å². The number of nitrogens with zero attached hydrogens (tertiary/aromatic N) is 2. The Morgan fingerprint density at radius 2 is 1.96 bits per heavy atom. The van der Waals surface area contributed by atoms with E-state index in [2.05, 4.69) is 16.4 Å². The fourth-order valence-corrected chi connectivity index (χ4v) is 3.48. The molecule has 0 radical (unpaired) electrons. The third kappa shape index (κ3) is 3.24. The Labute approximate surface area is 164 Å². The number of aromatic nitrogens is 1. The average molecular weight is 373 g/mol. The Kier molecular flexibility index (Phi) is 4.38. The Bertz CT molecular complexity index is 1040. The highest BCUT2D eigenvalue weighted by Gasteiger charge is 2.31. The maximum Gasteiger partial charge on any atom is 0.274 e. The van der Waals surface area contributed by atoms with Crippen LogP contribution in [-0.2, 0) is 0 Å². The van der Waals surface area contributed by atoms with Crippen LogP contribution < -0.4 is 11.1 Å². The molecule has 1 heterocycles. The standard InChI is InChI=1S/C22H23N5O/c1-11-12(2)20(27-21(14-5-6-14)17(11)10-23)22(28)26-15-7-8-18(24)16(9-15)19(25)13-3-4-13/h7-9,13-14,25H,3-6,24H2,1-2H3,(H,26,28). The first-order valence-corrected chi connectivity index (χ1v) is 9.61. The van der Waals surface area contributed by atoms with Crippen LogP contribution in [0.4, 0.5) is 11.4 Å². The molecule has 4 N–H and O–H groups in total. The summed E-state index contributed by atoms with van der Waals surface area (Å²) in [4.78, 5) is 17.5. The second kappa shape index (κ2) is 6.75. The zero-order chi connectivity index (χ0) is 20.0. The van der Waals surface area contributed by atoms with Crippen LogP contribution in [0.25, 0.3) is 0 Å². The van der Waals surface area contributed by atoms with Crippen molar-refractivity contribution < 1.29 is 4.79 Å². The Hall–Kier alpha value is -3.20. The molecule has 2 fully saturated rings. The summed E-state index contributed by atoms with van der Waals surface area (Å²) in [6.45, 7) is 3.70. The zero-order valence-corrected chi connectivity index (χ0v) is 16.1. The Balaban J connectivity index is 1.65. The molecule has 1 aromatic carbocycles. The average Bonchev–Trinajstić information content (AvgIpc) is 3.56. The summed E-state index contributed by atoms with van der Waals surface area (Å²) in [6, 6.07) is 7.48. The van der Waals surface area contributed by atoms with Crippen molar-refractivity contribution in [1.82, 2.24) is 4.98 Å². The van der Waals surface area contributed by atoms with Gasteiger partial charge in [-0.1, -0.05) is 0 Å². The quantitative estimate of drug-likeness (QED) is 0.541. The number of anilines is 2. The van der Waals surface area contributed by atoms with Gasteiger partial charge in [0.2, 0.25) is 0 Å².